The Morgan fingerprint density at radius 2 is 2.29 bits per heavy atom. The molecule has 6 heteroatoms. The molecule has 0 radical (unpaired) electrons. The Hall–Kier alpha value is -1.56. The van der Waals surface area contributed by atoms with E-state index in [1.165, 1.54) is 11.3 Å². The van der Waals surface area contributed by atoms with Crippen LogP contribution in [-0.4, -0.2) is 23.7 Å². The van der Waals surface area contributed by atoms with Crippen molar-refractivity contribution in [2.75, 3.05) is 6.54 Å². The van der Waals surface area contributed by atoms with Crippen LogP contribution in [0.2, 0.25) is 0 Å². The molecule has 1 aromatic heterocycles. The molecule has 0 aromatic carbocycles. The lowest BCUT2D eigenvalue weighted by Gasteiger charge is -2.13. The van der Waals surface area contributed by atoms with Gasteiger partial charge in [0.15, 0.2) is 6.04 Å². The summed E-state index contributed by atoms with van der Waals surface area (Å²) >= 11 is 1.31. The first-order valence-corrected chi connectivity index (χ1v) is 6.35. The molecule has 1 fully saturated rings. The molecular formula is C11H14N2O3S. The van der Waals surface area contributed by atoms with Crippen molar-refractivity contribution in [2.24, 2.45) is 5.92 Å². The van der Waals surface area contributed by atoms with E-state index >= 15 is 0 Å². The van der Waals surface area contributed by atoms with Crippen molar-refractivity contribution in [2.45, 2.75) is 18.9 Å². The van der Waals surface area contributed by atoms with Gasteiger partial charge in [-0.05, 0) is 30.2 Å². The number of carbonyl (C=O) groups is 2. The highest BCUT2D eigenvalue weighted by Crippen LogP contribution is 2.27. The van der Waals surface area contributed by atoms with E-state index in [9.17, 15) is 9.59 Å². The SMILES string of the molecule is O=C(NCC1CC1)NC(C(=O)O)c1cccs1. The quantitative estimate of drug-likeness (QED) is 0.746. The van der Waals surface area contributed by atoms with Crippen molar-refractivity contribution in [3.8, 4) is 0 Å². The van der Waals surface area contributed by atoms with E-state index in [2.05, 4.69) is 10.6 Å². The minimum atomic E-state index is -1.05. The summed E-state index contributed by atoms with van der Waals surface area (Å²) in [7, 11) is 0. The number of thiophene rings is 1. The van der Waals surface area contributed by atoms with Crippen LogP contribution in [0.3, 0.4) is 0 Å². The predicted molar refractivity (Wildman–Crippen MR) is 64.0 cm³/mol. The zero-order chi connectivity index (χ0) is 12.3. The highest BCUT2D eigenvalue weighted by Gasteiger charge is 2.25. The molecular weight excluding hydrogens is 240 g/mol. The first-order chi connectivity index (χ1) is 8.16. The summed E-state index contributed by atoms with van der Waals surface area (Å²) in [5, 5.41) is 16.0. The number of hydrogen-bond acceptors (Lipinski definition) is 3. The average Bonchev–Trinajstić information content (AvgIpc) is 2.97. The molecule has 0 spiro atoms. The van der Waals surface area contributed by atoms with Crippen LogP contribution in [0.5, 0.6) is 0 Å². The maximum absolute atomic E-state index is 11.5. The molecule has 0 saturated heterocycles. The lowest BCUT2D eigenvalue weighted by atomic mass is 10.2. The van der Waals surface area contributed by atoms with Gasteiger partial charge in [-0.15, -0.1) is 11.3 Å². The van der Waals surface area contributed by atoms with Crippen molar-refractivity contribution in [3.05, 3.63) is 22.4 Å². The van der Waals surface area contributed by atoms with Gasteiger partial charge in [0.05, 0.1) is 0 Å². The van der Waals surface area contributed by atoms with Crippen molar-refractivity contribution < 1.29 is 14.7 Å². The fraction of sp³-hybridized carbons (Fsp3) is 0.455. The van der Waals surface area contributed by atoms with Crippen LogP contribution >= 0.6 is 11.3 Å². The molecule has 1 aliphatic rings. The second-order valence-electron chi connectivity index (χ2n) is 4.08. The van der Waals surface area contributed by atoms with Gasteiger partial charge in [-0.3, -0.25) is 0 Å². The van der Waals surface area contributed by atoms with Crippen LogP contribution in [0.1, 0.15) is 23.8 Å². The third-order valence-corrected chi connectivity index (χ3v) is 3.54. The normalized spacial score (nSPS) is 16.2. The standard InChI is InChI=1S/C11H14N2O3S/c14-10(15)9(8-2-1-5-17-8)13-11(16)12-6-7-3-4-7/h1-2,5,7,9H,3-4,6H2,(H,14,15)(H2,12,13,16). The minimum Gasteiger partial charge on any atom is -0.479 e. The summed E-state index contributed by atoms with van der Waals surface area (Å²) in [6.45, 7) is 0.628. The van der Waals surface area contributed by atoms with E-state index in [4.69, 9.17) is 5.11 Å². The highest BCUT2D eigenvalue weighted by atomic mass is 32.1. The number of rotatable bonds is 5. The zero-order valence-corrected chi connectivity index (χ0v) is 10.00. The average molecular weight is 254 g/mol. The number of carboxylic acid groups (broad SMARTS) is 1. The summed E-state index contributed by atoms with van der Waals surface area (Å²) in [5.41, 5.74) is 0. The Bertz CT molecular complexity index is 401. The zero-order valence-electron chi connectivity index (χ0n) is 9.18. The summed E-state index contributed by atoms with van der Waals surface area (Å²) in [6, 6.07) is 2.08. The largest absolute Gasteiger partial charge is 0.479 e. The number of carboxylic acids is 1. The monoisotopic (exact) mass is 254 g/mol. The molecule has 1 aliphatic carbocycles. The molecule has 1 aromatic rings. The maximum Gasteiger partial charge on any atom is 0.331 e. The fourth-order valence-corrected chi connectivity index (χ4v) is 2.22. The van der Waals surface area contributed by atoms with Gasteiger partial charge in [-0.1, -0.05) is 6.07 Å². The molecule has 2 amide bonds. The summed E-state index contributed by atoms with van der Waals surface area (Å²) < 4.78 is 0. The number of urea groups is 1. The van der Waals surface area contributed by atoms with Gasteiger partial charge in [0, 0.05) is 11.4 Å². The van der Waals surface area contributed by atoms with E-state index in [1.807, 2.05) is 0 Å². The molecule has 5 nitrogen and oxygen atoms in total. The van der Waals surface area contributed by atoms with Gasteiger partial charge in [0.25, 0.3) is 0 Å². The molecule has 92 valence electrons. The predicted octanol–water partition coefficient (Wildman–Crippen LogP) is 1.58. The summed E-state index contributed by atoms with van der Waals surface area (Å²) in [5.74, 6) is -0.472. The van der Waals surface area contributed by atoms with E-state index in [-0.39, 0.29) is 0 Å². The molecule has 1 heterocycles. The Labute approximate surface area is 103 Å². The first-order valence-electron chi connectivity index (χ1n) is 5.47. The second-order valence-corrected chi connectivity index (χ2v) is 5.06. The van der Waals surface area contributed by atoms with Crippen molar-refractivity contribution in [1.29, 1.82) is 0 Å². The molecule has 0 bridgehead atoms. The van der Waals surface area contributed by atoms with Gasteiger partial charge in [-0.2, -0.15) is 0 Å². The third-order valence-electron chi connectivity index (χ3n) is 2.60. The fourth-order valence-electron chi connectivity index (χ4n) is 1.45. The smallest absolute Gasteiger partial charge is 0.331 e. The lowest BCUT2D eigenvalue weighted by molar-refractivity contribution is -0.139. The van der Waals surface area contributed by atoms with Crippen molar-refractivity contribution in [1.82, 2.24) is 10.6 Å². The molecule has 0 aliphatic heterocycles. The van der Waals surface area contributed by atoms with E-state index in [0.29, 0.717) is 17.3 Å². The molecule has 1 atom stereocenters. The van der Waals surface area contributed by atoms with Crippen LogP contribution in [0.25, 0.3) is 0 Å². The summed E-state index contributed by atoms with van der Waals surface area (Å²) in [4.78, 5) is 23.2. The second kappa shape index (κ2) is 5.18. The van der Waals surface area contributed by atoms with Crippen LogP contribution in [0, 0.1) is 5.92 Å². The minimum absolute atomic E-state index is 0.419. The topological polar surface area (TPSA) is 78.4 Å². The van der Waals surface area contributed by atoms with Crippen LogP contribution < -0.4 is 10.6 Å². The maximum atomic E-state index is 11.5. The van der Waals surface area contributed by atoms with Crippen LogP contribution in [0.4, 0.5) is 4.79 Å². The van der Waals surface area contributed by atoms with Gasteiger partial charge in [-0.25, -0.2) is 9.59 Å². The Kier molecular flexibility index (Phi) is 3.63. The van der Waals surface area contributed by atoms with E-state index in [0.717, 1.165) is 12.8 Å². The van der Waals surface area contributed by atoms with Gasteiger partial charge in [0.1, 0.15) is 0 Å². The summed E-state index contributed by atoms with van der Waals surface area (Å²) in [6.07, 6.45) is 2.29. The Morgan fingerprint density at radius 1 is 1.53 bits per heavy atom. The first kappa shape index (κ1) is 11.9. The molecule has 1 saturated carbocycles. The van der Waals surface area contributed by atoms with Gasteiger partial charge < -0.3 is 15.7 Å². The number of hydrogen-bond donors (Lipinski definition) is 3. The number of aliphatic carboxylic acids is 1. The van der Waals surface area contributed by atoms with Crippen LogP contribution in [-0.2, 0) is 4.79 Å². The molecule has 17 heavy (non-hydrogen) atoms. The number of amides is 2. The Balaban J connectivity index is 1.88. The molecule has 1 unspecified atom stereocenters. The van der Waals surface area contributed by atoms with Gasteiger partial charge in [0.2, 0.25) is 0 Å². The van der Waals surface area contributed by atoms with Gasteiger partial charge >= 0.3 is 12.0 Å². The molecule has 2 rings (SSSR count). The Morgan fingerprint density at radius 3 is 2.82 bits per heavy atom. The molecule has 3 N–H and O–H groups in total. The van der Waals surface area contributed by atoms with E-state index < -0.39 is 18.0 Å². The van der Waals surface area contributed by atoms with Crippen molar-refractivity contribution in [3.63, 3.8) is 0 Å². The number of nitrogens with one attached hydrogen (secondary N) is 2. The van der Waals surface area contributed by atoms with Crippen LogP contribution in [0.15, 0.2) is 17.5 Å². The third kappa shape index (κ3) is 3.45. The number of carbonyl (C=O) groups excluding carboxylic acids is 1. The van der Waals surface area contributed by atoms with E-state index in [1.54, 1.807) is 17.5 Å². The van der Waals surface area contributed by atoms with Crippen molar-refractivity contribution >= 4 is 23.3 Å². The lowest BCUT2D eigenvalue weighted by Crippen LogP contribution is -2.41. The highest BCUT2D eigenvalue weighted by molar-refractivity contribution is 7.10.